The van der Waals surface area contributed by atoms with Crippen LogP contribution < -0.4 is 14.8 Å². The van der Waals surface area contributed by atoms with E-state index in [1.807, 2.05) is 6.92 Å². The van der Waals surface area contributed by atoms with Crippen LogP contribution in [0, 0.1) is 12.3 Å². The first kappa shape index (κ1) is 15.3. The van der Waals surface area contributed by atoms with Crippen molar-refractivity contribution in [1.82, 2.24) is 5.32 Å². The van der Waals surface area contributed by atoms with Gasteiger partial charge < -0.3 is 9.47 Å². The van der Waals surface area contributed by atoms with Crippen molar-refractivity contribution in [2.24, 2.45) is 0 Å². The number of benzene rings is 1. The molecule has 0 amide bonds. The second-order valence-corrected chi connectivity index (χ2v) is 3.87. The van der Waals surface area contributed by atoms with Crippen LogP contribution in [0.3, 0.4) is 0 Å². The van der Waals surface area contributed by atoms with E-state index in [0.717, 1.165) is 12.0 Å². The Kier molecular flexibility index (Phi) is 6.10. The van der Waals surface area contributed by atoms with Gasteiger partial charge in [-0.2, -0.15) is 8.78 Å². The van der Waals surface area contributed by atoms with Gasteiger partial charge in [-0.05, 0) is 24.1 Å². The minimum Gasteiger partial charge on any atom is -0.493 e. The van der Waals surface area contributed by atoms with Crippen molar-refractivity contribution >= 4 is 0 Å². The maximum absolute atomic E-state index is 12.3. The number of hydrogen-bond donors (Lipinski definition) is 1. The van der Waals surface area contributed by atoms with Crippen LogP contribution in [0.25, 0.3) is 0 Å². The first-order valence-electron chi connectivity index (χ1n) is 5.92. The number of nitrogens with one attached hydrogen (secondary N) is 1. The number of halogens is 2. The summed E-state index contributed by atoms with van der Waals surface area (Å²) in [6.07, 6.45) is 6.13. The smallest absolute Gasteiger partial charge is 0.387 e. The van der Waals surface area contributed by atoms with Crippen molar-refractivity contribution < 1.29 is 18.3 Å². The summed E-state index contributed by atoms with van der Waals surface area (Å²) in [5, 5.41) is 3.13. The third kappa shape index (κ3) is 4.76. The predicted octanol–water partition coefficient (Wildman–Crippen LogP) is 2.80. The van der Waals surface area contributed by atoms with E-state index < -0.39 is 6.61 Å². The van der Waals surface area contributed by atoms with Crippen molar-refractivity contribution in [2.75, 3.05) is 7.11 Å². The standard InChI is InChI=1S/C14H17F2NO2/c1-4-11(5-2)17-9-10-6-7-12(18-3)13(8-10)19-14(15)16/h1,6-8,11,14,17H,5,9H2,2-3H3. The Bertz CT molecular complexity index is 444. The van der Waals surface area contributed by atoms with Crippen LogP contribution in [0.15, 0.2) is 18.2 Å². The highest BCUT2D eigenvalue weighted by Crippen LogP contribution is 2.29. The fraction of sp³-hybridized carbons (Fsp3) is 0.429. The quantitative estimate of drug-likeness (QED) is 0.772. The zero-order valence-corrected chi connectivity index (χ0v) is 11.0. The molecule has 1 atom stereocenters. The molecular weight excluding hydrogens is 252 g/mol. The van der Waals surface area contributed by atoms with Gasteiger partial charge in [-0.3, -0.25) is 5.32 Å². The maximum atomic E-state index is 12.3. The fourth-order valence-corrected chi connectivity index (χ4v) is 1.58. The summed E-state index contributed by atoms with van der Waals surface area (Å²) < 4.78 is 33.9. The van der Waals surface area contributed by atoms with E-state index in [1.165, 1.54) is 13.2 Å². The van der Waals surface area contributed by atoms with Crippen LogP contribution in [0.2, 0.25) is 0 Å². The fourth-order valence-electron chi connectivity index (χ4n) is 1.58. The molecule has 1 aromatic carbocycles. The van der Waals surface area contributed by atoms with Gasteiger partial charge in [-0.25, -0.2) is 0 Å². The Balaban J connectivity index is 2.77. The van der Waals surface area contributed by atoms with Crippen LogP contribution in [-0.4, -0.2) is 19.8 Å². The third-order valence-corrected chi connectivity index (χ3v) is 2.61. The lowest BCUT2D eigenvalue weighted by Gasteiger charge is -2.13. The molecule has 0 saturated heterocycles. The van der Waals surface area contributed by atoms with Crippen LogP contribution >= 0.6 is 0 Å². The molecule has 0 aliphatic heterocycles. The molecule has 0 spiro atoms. The van der Waals surface area contributed by atoms with Crippen molar-refractivity contribution in [3.63, 3.8) is 0 Å². The summed E-state index contributed by atoms with van der Waals surface area (Å²) in [5.74, 6) is 2.89. The molecule has 19 heavy (non-hydrogen) atoms. The molecule has 1 unspecified atom stereocenters. The van der Waals surface area contributed by atoms with Crippen LogP contribution in [0.5, 0.6) is 11.5 Å². The Morgan fingerprint density at radius 2 is 2.11 bits per heavy atom. The molecule has 3 nitrogen and oxygen atoms in total. The van der Waals surface area contributed by atoms with E-state index in [9.17, 15) is 8.78 Å². The van der Waals surface area contributed by atoms with Crippen molar-refractivity contribution in [2.45, 2.75) is 32.5 Å². The van der Waals surface area contributed by atoms with Crippen LogP contribution in [0.1, 0.15) is 18.9 Å². The van der Waals surface area contributed by atoms with Gasteiger partial charge in [0.2, 0.25) is 0 Å². The highest BCUT2D eigenvalue weighted by atomic mass is 19.3. The summed E-state index contributed by atoms with van der Waals surface area (Å²) in [5.41, 5.74) is 0.796. The van der Waals surface area contributed by atoms with E-state index in [-0.39, 0.29) is 17.5 Å². The molecular formula is C14H17F2NO2. The predicted molar refractivity (Wildman–Crippen MR) is 69.4 cm³/mol. The molecule has 1 N–H and O–H groups in total. The lowest BCUT2D eigenvalue weighted by atomic mass is 10.1. The molecule has 1 aromatic rings. The molecule has 0 radical (unpaired) electrons. The van der Waals surface area contributed by atoms with Gasteiger partial charge in [0, 0.05) is 6.54 Å². The number of hydrogen-bond acceptors (Lipinski definition) is 3. The molecule has 104 valence electrons. The van der Waals surface area contributed by atoms with Gasteiger partial charge in [0.05, 0.1) is 13.2 Å². The lowest BCUT2D eigenvalue weighted by Crippen LogP contribution is -2.26. The number of alkyl halides is 2. The Labute approximate surface area is 111 Å². The van der Waals surface area contributed by atoms with E-state index in [4.69, 9.17) is 11.2 Å². The molecule has 0 aliphatic carbocycles. The molecule has 0 fully saturated rings. The minimum atomic E-state index is -2.88. The minimum absolute atomic E-state index is 0.0190. The van der Waals surface area contributed by atoms with Crippen LogP contribution in [0.4, 0.5) is 8.78 Å². The topological polar surface area (TPSA) is 30.5 Å². The molecule has 1 rings (SSSR count). The monoisotopic (exact) mass is 269 g/mol. The average molecular weight is 269 g/mol. The zero-order valence-electron chi connectivity index (χ0n) is 11.0. The second-order valence-electron chi connectivity index (χ2n) is 3.87. The summed E-state index contributed by atoms with van der Waals surface area (Å²) in [7, 11) is 1.40. The summed E-state index contributed by atoms with van der Waals surface area (Å²) in [6.45, 7) is -0.436. The van der Waals surface area contributed by atoms with E-state index >= 15 is 0 Å². The van der Waals surface area contributed by atoms with Crippen molar-refractivity contribution in [3.8, 4) is 23.8 Å². The average Bonchev–Trinajstić information content (AvgIpc) is 2.39. The zero-order chi connectivity index (χ0) is 14.3. The Morgan fingerprint density at radius 1 is 1.37 bits per heavy atom. The lowest BCUT2D eigenvalue weighted by molar-refractivity contribution is -0.0512. The molecule has 0 heterocycles. The molecule has 5 heteroatoms. The summed E-state index contributed by atoms with van der Waals surface area (Å²) >= 11 is 0. The molecule has 0 bridgehead atoms. The number of terminal acetylenes is 1. The van der Waals surface area contributed by atoms with Gasteiger partial charge in [-0.15, -0.1) is 6.42 Å². The highest BCUT2D eigenvalue weighted by molar-refractivity contribution is 5.43. The summed E-state index contributed by atoms with van der Waals surface area (Å²) in [6, 6.07) is 4.83. The molecule has 0 saturated carbocycles. The van der Waals surface area contributed by atoms with Gasteiger partial charge in [-0.1, -0.05) is 18.9 Å². The SMILES string of the molecule is C#CC(CC)NCc1ccc(OC)c(OC(F)F)c1. The third-order valence-electron chi connectivity index (χ3n) is 2.61. The van der Waals surface area contributed by atoms with Crippen LogP contribution in [-0.2, 0) is 6.54 Å². The van der Waals surface area contributed by atoms with Crippen molar-refractivity contribution in [3.05, 3.63) is 23.8 Å². The van der Waals surface area contributed by atoms with Crippen molar-refractivity contribution in [1.29, 1.82) is 0 Å². The first-order valence-corrected chi connectivity index (χ1v) is 5.92. The highest BCUT2D eigenvalue weighted by Gasteiger charge is 2.11. The Hall–Kier alpha value is -1.80. The first-order chi connectivity index (χ1) is 9.10. The number of methoxy groups -OCH3 is 1. The largest absolute Gasteiger partial charge is 0.493 e. The van der Waals surface area contributed by atoms with E-state index in [2.05, 4.69) is 16.0 Å². The van der Waals surface area contributed by atoms with Gasteiger partial charge in [0.15, 0.2) is 11.5 Å². The number of ether oxygens (including phenoxy) is 2. The van der Waals surface area contributed by atoms with Gasteiger partial charge in [0.25, 0.3) is 0 Å². The Morgan fingerprint density at radius 3 is 2.63 bits per heavy atom. The maximum Gasteiger partial charge on any atom is 0.387 e. The van der Waals surface area contributed by atoms with E-state index in [0.29, 0.717) is 6.54 Å². The summed E-state index contributed by atoms with van der Waals surface area (Å²) in [4.78, 5) is 0. The molecule has 0 aromatic heterocycles. The number of rotatable bonds is 7. The molecule has 0 aliphatic rings. The van der Waals surface area contributed by atoms with Gasteiger partial charge in [0.1, 0.15) is 0 Å². The second kappa shape index (κ2) is 7.59. The van der Waals surface area contributed by atoms with Gasteiger partial charge >= 0.3 is 6.61 Å². The van der Waals surface area contributed by atoms with E-state index in [1.54, 1.807) is 12.1 Å². The normalized spacial score (nSPS) is 12.0.